The molecule has 0 spiro atoms. The van der Waals surface area contributed by atoms with Crippen molar-refractivity contribution in [3.05, 3.63) is 41.7 Å². The van der Waals surface area contributed by atoms with Gasteiger partial charge in [0.2, 0.25) is 5.88 Å². The molecule has 0 saturated carbocycles. The van der Waals surface area contributed by atoms with Crippen molar-refractivity contribution in [1.29, 1.82) is 0 Å². The maximum absolute atomic E-state index is 5.93. The molecule has 0 atom stereocenters. The fourth-order valence-corrected chi connectivity index (χ4v) is 3.96. The number of hydrogen-bond donors (Lipinski definition) is 0. The van der Waals surface area contributed by atoms with E-state index in [1.54, 1.807) is 6.20 Å². The lowest BCUT2D eigenvalue weighted by atomic mass is 10.1. The zero-order valence-electron chi connectivity index (χ0n) is 16.0. The third-order valence-corrected chi connectivity index (χ3v) is 5.47. The summed E-state index contributed by atoms with van der Waals surface area (Å²) in [5, 5.41) is 8.19. The van der Waals surface area contributed by atoms with Crippen molar-refractivity contribution in [2.75, 3.05) is 37.7 Å². The molecule has 0 amide bonds. The number of pyridine rings is 1. The molecule has 2 aromatic rings. The topological polar surface area (TPSA) is 54.4 Å². The second kappa shape index (κ2) is 9.13. The molecule has 4 heterocycles. The summed E-state index contributed by atoms with van der Waals surface area (Å²) in [7, 11) is 0. The number of anilines is 1. The van der Waals surface area contributed by atoms with E-state index in [4.69, 9.17) is 9.72 Å². The Hall–Kier alpha value is -2.21. The Morgan fingerprint density at radius 1 is 1.00 bits per heavy atom. The molecule has 0 bridgehead atoms. The minimum absolute atomic E-state index is 0.744. The van der Waals surface area contributed by atoms with E-state index in [-0.39, 0.29) is 0 Å². The first-order chi connectivity index (χ1) is 13.4. The van der Waals surface area contributed by atoms with E-state index in [0.717, 1.165) is 56.5 Å². The second-order valence-electron chi connectivity index (χ2n) is 7.47. The summed E-state index contributed by atoms with van der Waals surface area (Å²) in [6.07, 6.45) is 9.16. The maximum atomic E-state index is 5.93. The lowest BCUT2D eigenvalue weighted by Crippen LogP contribution is -2.31. The summed E-state index contributed by atoms with van der Waals surface area (Å²) in [6.45, 7) is 6.12. The first-order valence-electron chi connectivity index (χ1n) is 10.2. The van der Waals surface area contributed by atoms with Gasteiger partial charge in [-0.25, -0.2) is 4.98 Å². The number of ether oxygens (including phenoxy) is 1. The quantitative estimate of drug-likeness (QED) is 0.732. The van der Waals surface area contributed by atoms with Crippen LogP contribution >= 0.6 is 0 Å². The van der Waals surface area contributed by atoms with Crippen molar-refractivity contribution >= 4 is 5.82 Å². The number of rotatable bonds is 6. The fraction of sp³-hybridized carbons (Fsp3) is 0.571. The van der Waals surface area contributed by atoms with Crippen LogP contribution in [-0.2, 0) is 13.0 Å². The second-order valence-corrected chi connectivity index (χ2v) is 7.47. The van der Waals surface area contributed by atoms with Crippen LogP contribution in [0.25, 0.3) is 0 Å². The van der Waals surface area contributed by atoms with E-state index in [2.05, 4.69) is 26.1 Å². The lowest BCUT2D eigenvalue weighted by molar-refractivity contribution is 0.235. The van der Waals surface area contributed by atoms with Gasteiger partial charge in [0.15, 0.2) is 5.82 Å². The summed E-state index contributed by atoms with van der Waals surface area (Å²) < 4.78 is 5.93. The SMILES string of the molecule is c1cnnc(N2CCc3nc(OCCCN4CCCCCC4)ccc3C2)c1. The van der Waals surface area contributed by atoms with Gasteiger partial charge in [-0.05, 0) is 50.0 Å². The Bertz CT molecular complexity index is 716. The number of fused-ring (bicyclic) bond motifs is 1. The fourth-order valence-electron chi connectivity index (χ4n) is 3.96. The number of likely N-dealkylation sites (tertiary alicyclic amines) is 1. The van der Waals surface area contributed by atoms with Crippen molar-refractivity contribution in [3.63, 3.8) is 0 Å². The van der Waals surface area contributed by atoms with E-state index in [1.807, 2.05) is 18.2 Å². The molecule has 6 nitrogen and oxygen atoms in total. The molecule has 27 heavy (non-hydrogen) atoms. The highest BCUT2D eigenvalue weighted by Gasteiger charge is 2.19. The normalized spacial score (nSPS) is 18.0. The van der Waals surface area contributed by atoms with Gasteiger partial charge >= 0.3 is 0 Å². The van der Waals surface area contributed by atoms with Gasteiger partial charge in [-0.2, -0.15) is 5.10 Å². The number of aromatic nitrogens is 3. The van der Waals surface area contributed by atoms with Crippen LogP contribution < -0.4 is 9.64 Å². The van der Waals surface area contributed by atoms with Crippen molar-refractivity contribution in [3.8, 4) is 5.88 Å². The van der Waals surface area contributed by atoms with Gasteiger partial charge in [0, 0.05) is 38.3 Å². The predicted octanol–water partition coefficient (Wildman–Crippen LogP) is 3.08. The number of hydrogen-bond acceptors (Lipinski definition) is 6. The summed E-state index contributed by atoms with van der Waals surface area (Å²) in [5.74, 6) is 1.69. The number of nitrogens with zero attached hydrogens (tertiary/aromatic N) is 5. The monoisotopic (exact) mass is 367 g/mol. The van der Waals surface area contributed by atoms with Crippen molar-refractivity contribution in [1.82, 2.24) is 20.1 Å². The highest BCUT2D eigenvalue weighted by atomic mass is 16.5. The smallest absolute Gasteiger partial charge is 0.213 e. The van der Waals surface area contributed by atoms with Crippen LogP contribution in [0.4, 0.5) is 5.82 Å². The van der Waals surface area contributed by atoms with Gasteiger partial charge in [-0.3, -0.25) is 0 Å². The molecule has 2 aliphatic rings. The molecule has 0 unspecified atom stereocenters. The van der Waals surface area contributed by atoms with E-state index in [9.17, 15) is 0 Å². The molecule has 2 aromatic heterocycles. The van der Waals surface area contributed by atoms with Crippen LogP contribution in [0.15, 0.2) is 30.5 Å². The standard InChI is InChI=1S/C21H29N5O/c1-2-4-13-25(12-3-1)14-6-16-27-21-9-8-18-17-26(15-10-19(18)23-21)20-7-5-11-22-24-20/h5,7-9,11H,1-4,6,10,12-17H2. The first kappa shape index (κ1) is 18.2. The van der Waals surface area contributed by atoms with Crippen LogP contribution in [0.2, 0.25) is 0 Å². The van der Waals surface area contributed by atoms with Gasteiger partial charge in [0.1, 0.15) is 0 Å². The van der Waals surface area contributed by atoms with Crippen LogP contribution in [0.1, 0.15) is 43.4 Å². The Kier molecular flexibility index (Phi) is 6.14. The first-order valence-corrected chi connectivity index (χ1v) is 10.2. The summed E-state index contributed by atoms with van der Waals surface area (Å²) in [4.78, 5) is 9.57. The van der Waals surface area contributed by atoms with Gasteiger partial charge < -0.3 is 14.5 Å². The third kappa shape index (κ3) is 4.95. The molecule has 6 heteroatoms. The Morgan fingerprint density at radius 3 is 2.70 bits per heavy atom. The average molecular weight is 367 g/mol. The van der Waals surface area contributed by atoms with Crippen molar-refractivity contribution in [2.45, 2.75) is 45.1 Å². The van der Waals surface area contributed by atoms with Crippen molar-refractivity contribution < 1.29 is 4.74 Å². The van der Waals surface area contributed by atoms with E-state index >= 15 is 0 Å². The highest BCUT2D eigenvalue weighted by Crippen LogP contribution is 2.23. The van der Waals surface area contributed by atoms with Crippen LogP contribution in [0, 0.1) is 0 Å². The van der Waals surface area contributed by atoms with Gasteiger partial charge in [-0.1, -0.05) is 18.9 Å². The zero-order valence-corrected chi connectivity index (χ0v) is 16.0. The molecule has 144 valence electrons. The lowest BCUT2D eigenvalue weighted by Gasteiger charge is -2.28. The molecule has 1 fully saturated rings. The summed E-state index contributed by atoms with van der Waals surface area (Å²) >= 11 is 0. The molecule has 2 aliphatic heterocycles. The van der Waals surface area contributed by atoms with Crippen LogP contribution in [0.5, 0.6) is 5.88 Å². The van der Waals surface area contributed by atoms with Crippen molar-refractivity contribution in [2.24, 2.45) is 0 Å². The minimum atomic E-state index is 0.744. The van der Waals surface area contributed by atoms with E-state index in [1.165, 1.54) is 44.3 Å². The van der Waals surface area contributed by atoms with Crippen LogP contribution in [-0.4, -0.2) is 52.9 Å². The van der Waals surface area contributed by atoms with Gasteiger partial charge in [0.25, 0.3) is 0 Å². The average Bonchev–Trinajstić information content (AvgIpc) is 3.00. The maximum Gasteiger partial charge on any atom is 0.213 e. The molecule has 0 aromatic carbocycles. The van der Waals surface area contributed by atoms with E-state index < -0.39 is 0 Å². The van der Waals surface area contributed by atoms with E-state index in [0.29, 0.717) is 0 Å². The third-order valence-electron chi connectivity index (χ3n) is 5.47. The molecule has 4 rings (SSSR count). The summed E-state index contributed by atoms with van der Waals surface area (Å²) in [6, 6.07) is 8.09. The molecular formula is C21H29N5O. The largest absolute Gasteiger partial charge is 0.478 e. The zero-order chi connectivity index (χ0) is 18.3. The highest BCUT2D eigenvalue weighted by molar-refractivity contribution is 5.42. The summed E-state index contributed by atoms with van der Waals surface area (Å²) in [5.41, 5.74) is 2.41. The Labute approximate surface area is 161 Å². The van der Waals surface area contributed by atoms with Crippen LogP contribution in [0.3, 0.4) is 0 Å². The minimum Gasteiger partial charge on any atom is -0.478 e. The Morgan fingerprint density at radius 2 is 1.89 bits per heavy atom. The van der Waals surface area contributed by atoms with Gasteiger partial charge in [-0.15, -0.1) is 5.10 Å². The van der Waals surface area contributed by atoms with Gasteiger partial charge in [0.05, 0.1) is 12.3 Å². The predicted molar refractivity (Wildman–Crippen MR) is 106 cm³/mol. The molecule has 1 saturated heterocycles. The molecule has 0 aliphatic carbocycles. The molecular weight excluding hydrogens is 338 g/mol. The molecule has 0 radical (unpaired) electrons. The molecule has 0 N–H and O–H groups in total. The Balaban J connectivity index is 1.26.